The second kappa shape index (κ2) is 2.77. The summed E-state index contributed by atoms with van der Waals surface area (Å²) in [4.78, 5) is 4.15. The highest BCUT2D eigenvalue weighted by Crippen LogP contribution is 2.34. The Kier molecular flexibility index (Phi) is 1.46. The predicted octanol–water partition coefficient (Wildman–Crippen LogP) is -0.382. The number of aromatic nitrogens is 6. The van der Waals surface area contributed by atoms with Gasteiger partial charge in [0.2, 0.25) is 0 Å². The van der Waals surface area contributed by atoms with E-state index in [4.69, 9.17) is 0 Å². The van der Waals surface area contributed by atoms with E-state index >= 15 is 0 Å². The molecule has 3 heterocycles. The largest absolute Gasteiger partial charge is 0.263 e. The first-order valence-corrected chi connectivity index (χ1v) is 4.10. The highest BCUT2D eigenvalue weighted by molar-refractivity contribution is 5.59. The van der Waals surface area contributed by atoms with Crippen LogP contribution in [0.15, 0.2) is 27.6 Å². The Morgan fingerprint density at radius 1 is 1.00 bits per heavy atom. The summed E-state index contributed by atoms with van der Waals surface area (Å²) in [5.74, 6) is 0. The van der Waals surface area contributed by atoms with Gasteiger partial charge in [0.15, 0.2) is 0 Å². The van der Waals surface area contributed by atoms with E-state index in [1.54, 1.807) is 0 Å². The molecule has 0 bridgehead atoms. The van der Waals surface area contributed by atoms with Crippen LogP contribution >= 0.6 is 0 Å². The Labute approximate surface area is 82.7 Å². The Bertz CT molecular complexity index is 444. The van der Waals surface area contributed by atoms with Gasteiger partial charge >= 0.3 is 0 Å². The van der Waals surface area contributed by atoms with Crippen LogP contribution in [0.1, 0.15) is 11.4 Å². The molecule has 3 rings (SSSR count). The summed E-state index contributed by atoms with van der Waals surface area (Å²) >= 11 is 0. The lowest BCUT2D eigenvalue weighted by molar-refractivity contribution is 0.531. The highest BCUT2D eigenvalue weighted by atomic mass is 15.4. The van der Waals surface area contributed by atoms with Crippen molar-refractivity contribution in [2.45, 2.75) is 5.66 Å². The van der Waals surface area contributed by atoms with E-state index in [1.165, 1.54) is 18.7 Å². The molecule has 0 unspecified atom stereocenters. The van der Waals surface area contributed by atoms with E-state index in [0.29, 0.717) is 11.4 Å². The third-order valence-electron chi connectivity index (χ3n) is 2.04. The van der Waals surface area contributed by atoms with Crippen molar-refractivity contribution in [1.29, 1.82) is 0 Å². The highest BCUT2D eigenvalue weighted by Gasteiger charge is 2.41. The molecule has 0 amide bonds. The molecule has 15 heavy (non-hydrogen) atoms. The molecular weight excluding hydrogens is 198 g/mol. The van der Waals surface area contributed by atoms with Crippen molar-refractivity contribution in [2.24, 2.45) is 15.2 Å². The van der Waals surface area contributed by atoms with Gasteiger partial charge in [-0.05, 0) is 0 Å². The molecule has 9 nitrogen and oxygen atoms in total. The first kappa shape index (κ1) is 7.91. The lowest BCUT2D eigenvalue weighted by Gasteiger charge is -2.14. The Balaban J connectivity index is 2.20. The summed E-state index contributed by atoms with van der Waals surface area (Å²) < 4.78 is 0. The zero-order chi connectivity index (χ0) is 10.1. The maximum Gasteiger partial charge on any atom is 0.263 e. The lowest BCUT2D eigenvalue weighted by atomic mass is 10.1. The van der Waals surface area contributed by atoms with E-state index < -0.39 is 5.66 Å². The lowest BCUT2D eigenvalue weighted by Crippen LogP contribution is -2.21. The zero-order valence-electron chi connectivity index (χ0n) is 7.36. The average Bonchev–Trinajstić information content (AvgIpc) is 3.02. The molecule has 2 aromatic rings. The third kappa shape index (κ3) is 0.994. The predicted molar refractivity (Wildman–Crippen MR) is 46.9 cm³/mol. The SMILES string of the molecule is C1=NC(c2cn[nH]n2)(c2cn[nH]n2)N=N1. The van der Waals surface area contributed by atoms with Crippen LogP contribution in [0.5, 0.6) is 0 Å². The van der Waals surface area contributed by atoms with Gasteiger partial charge in [-0.25, -0.2) is 4.99 Å². The van der Waals surface area contributed by atoms with Crippen LogP contribution in [0.25, 0.3) is 0 Å². The number of azo groups is 1. The number of nitrogens with zero attached hydrogens (tertiary/aromatic N) is 7. The molecule has 2 aromatic heterocycles. The second-order valence-corrected chi connectivity index (χ2v) is 2.84. The van der Waals surface area contributed by atoms with Crippen LogP contribution in [-0.4, -0.2) is 37.2 Å². The van der Waals surface area contributed by atoms with Crippen molar-refractivity contribution in [3.05, 3.63) is 23.8 Å². The standard InChI is InChI=1S/C6H5N9/c1-4(11-14-8-1)6(7-3-10-13-6)5-2-9-15-12-5/h1-3H,(H,8,11,14)(H,9,12,15). The van der Waals surface area contributed by atoms with Gasteiger partial charge < -0.3 is 0 Å². The summed E-state index contributed by atoms with van der Waals surface area (Å²) in [7, 11) is 0. The van der Waals surface area contributed by atoms with Crippen molar-refractivity contribution in [1.82, 2.24) is 30.8 Å². The summed E-state index contributed by atoms with van der Waals surface area (Å²) in [5.41, 5.74) is 0.00259. The van der Waals surface area contributed by atoms with E-state index in [9.17, 15) is 0 Å². The number of aromatic amines is 2. The first-order chi connectivity index (χ1) is 7.42. The van der Waals surface area contributed by atoms with Crippen LogP contribution in [0.4, 0.5) is 0 Å². The summed E-state index contributed by atoms with van der Waals surface area (Å²) in [6, 6.07) is 0. The van der Waals surface area contributed by atoms with Gasteiger partial charge in [-0.15, -0.1) is 10.2 Å². The number of hydrogen-bond acceptors (Lipinski definition) is 7. The van der Waals surface area contributed by atoms with Crippen LogP contribution in [-0.2, 0) is 5.66 Å². The topological polar surface area (TPSA) is 120 Å². The quantitative estimate of drug-likeness (QED) is 0.690. The number of aliphatic imine (C=N–C) groups is 1. The Hall–Kier alpha value is -2.45. The van der Waals surface area contributed by atoms with E-state index in [-0.39, 0.29) is 0 Å². The summed E-state index contributed by atoms with van der Waals surface area (Å²) in [6.45, 7) is 0. The van der Waals surface area contributed by atoms with Crippen molar-refractivity contribution >= 4 is 6.34 Å². The van der Waals surface area contributed by atoms with Gasteiger partial charge in [-0.2, -0.15) is 30.8 Å². The molecule has 0 fully saturated rings. The molecule has 74 valence electrons. The van der Waals surface area contributed by atoms with Crippen molar-refractivity contribution in [3.8, 4) is 0 Å². The van der Waals surface area contributed by atoms with Gasteiger partial charge in [-0.1, -0.05) is 0 Å². The fourth-order valence-corrected chi connectivity index (χ4v) is 1.35. The first-order valence-electron chi connectivity index (χ1n) is 4.10. The molecule has 9 heteroatoms. The van der Waals surface area contributed by atoms with Gasteiger partial charge in [0.05, 0.1) is 12.4 Å². The molecule has 0 aromatic carbocycles. The monoisotopic (exact) mass is 203 g/mol. The van der Waals surface area contributed by atoms with Crippen LogP contribution in [0, 0.1) is 0 Å². The second-order valence-electron chi connectivity index (χ2n) is 2.84. The van der Waals surface area contributed by atoms with Gasteiger partial charge in [-0.3, -0.25) is 0 Å². The minimum Gasteiger partial charge on any atom is -0.227 e. The molecule has 0 saturated heterocycles. The summed E-state index contributed by atoms with van der Waals surface area (Å²) in [5, 5.41) is 28.0. The molecule has 0 atom stereocenters. The molecule has 0 aliphatic carbocycles. The average molecular weight is 203 g/mol. The van der Waals surface area contributed by atoms with Gasteiger partial charge in [0, 0.05) is 0 Å². The summed E-state index contributed by atoms with van der Waals surface area (Å²) in [6.07, 6.45) is 4.40. The minimum absolute atomic E-state index is 0.522. The number of hydrogen-bond donors (Lipinski definition) is 2. The van der Waals surface area contributed by atoms with E-state index in [1.807, 2.05) is 0 Å². The fraction of sp³-hybridized carbons (Fsp3) is 0.167. The fourth-order valence-electron chi connectivity index (χ4n) is 1.35. The maximum atomic E-state index is 4.15. The molecular formula is C6H5N9. The number of nitrogens with one attached hydrogen (secondary N) is 2. The molecule has 0 saturated carbocycles. The molecule has 0 spiro atoms. The number of rotatable bonds is 2. The minimum atomic E-state index is -1.04. The smallest absolute Gasteiger partial charge is 0.227 e. The van der Waals surface area contributed by atoms with Crippen molar-refractivity contribution in [2.75, 3.05) is 0 Å². The molecule has 0 radical (unpaired) electrons. The van der Waals surface area contributed by atoms with Crippen LogP contribution < -0.4 is 0 Å². The van der Waals surface area contributed by atoms with Crippen LogP contribution in [0.2, 0.25) is 0 Å². The van der Waals surface area contributed by atoms with Crippen LogP contribution in [0.3, 0.4) is 0 Å². The molecule has 2 N–H and O–H groups in total. The maximum absolute atomic E-state index is 4.15. The van der Waals surface area contributed by atoms with E-state index in [0.717, 1.165) is 0 Å². The van der Waals surface area contributed by atoms with Crippen molar-refractivity contribution in [3.63, 3.8) is 0 Å². The molecule has 1 aliphatic heterocycles. The van der Waals surface area contributed by atoms with Gasteiger partial charge in [0.25, 0.3) is 5.66 Å². The Morgan fingerprint density at radius 3 is 2.07 bits per heavy atom. The number of H-pyrrole nitrogens is 2. The normalized spacial score (nSPS) is 17.3. The van der Waals surface area contributed by atoms with Gasteiger partial charge in [0.1, 0.15) is 17.7 Å². The zero-order valence-corrected chi connectivity index (χ0v) is 7.36. The molecule has 1 aliphatic rings. The Morgan fingerprint density at radius 2 is 1.67 bits per heavy atom. The van der Waals surface area contributed by atoms with E-state index in [2.05, 4.69) is 46.0 Å². The van der Waals surface area contributed by atoms with Crippen molar-refractivity contribution < 1.29 is 0 Å². The third-order valence-corrected chi connectivity index (χ3v) is 2.04.